The lowest BCUT2D eigenvalue weighted by Crippen LogP contribution is -2.30. The van der Waals surface area contributed by atoms with Gasteiger partial charge in [0.1, 0.15) is 0 Å². The molecule has 3 aromatic rings. The van der Waals surface area contributed by atoms with Gasteiger partial charge in [-0.15, -0.1) is 0 Å². The lowest BCUT2D eigenvalue weighted by atomic mass is 9.95. The van der Waals surface area contributed by atoms with Crippen LogP contribution in [0.2, 0.25) is 0 Å². The molecule has 3 aromatic carbocycles. The van der Waals surface area contributed by atoms with Crippen molar-refractivity contribution in [1.82, 2.24) is 5.32 Å². The topological polar surface area (TPSA) is 47.6 Å². The molecule has 0 aromatic heterocycles. The first-order valence-electron chi connectivity index (χ1n) is 9.64. The zero-order chi connectivity index (χ0) is 20.8. The van der Waals surface area contributed by atoms with E-state index in [-0.39, 0.29) is 18.4 Å². The molecule has 0 fully saturated rings. The molecule has 0 saturated carbocycles. The third-order valence-corrected chi connectivity index (χ3v) is 5.12. The Bertz CT molecular complexity index is 983. The highest BCUT2D eigenvalue weighted by molar-refractivity contribution is 5.79. The van der Waals surface area contributed by atoms with Gasteiger partial charge in [0.25, 0.3) is 0 Å². The van der Waals surface area contributed by atoms with E-state index in [0.717, 1.165) is 16.7 Å². The van der Waals surface area contributed by atoms with Crippen LogP contribution >= 0.6 is 0 Å². The van der Waals surface area contributed by atoms with Gasteiger partial charge in [-0.3, -0.25) is 4.79 Å². The summed E-state index contributed by atoms with van der Waals surface area (Å²) in [6.45, 7) is 4.18. The van der Waals surface area contributed by atoms with E-state index < -0.39 is 0 Å². The van der Waals surface area contributed by atoms with Crippen molar-refractivity contribution in [2.24, 2.45) is 0 Å². The highest BCUT2D eigenvalue weighted by atomic mass is 16.5. The molecule has 1 unspecified atom stereocenters. The van der Waals surface area contributed by atoms with Crippen LogP contribution in [0.3, 0.4) is 0 Å². The Hall–Kier alpha value is -3.27. The minimum atomic E-state index is -0.205. The molecular formula is C25H27NO3. The minimum absolute atomic E-state index is 0.0516. The number of nitrogens with one attached hydrogen (secondary N) is 1. The van der Waals surface area contributed by atoms with E-state index >= 15 is 0 Å². The van der Waals surface area contributed by atoms with Gasteiger partial charge in [-0.05, 0) is 53.8 Å². The van der Waals surface area contributed by atoms with Crippen LogP contribution in [0.1, 0.15) is 33.9 Å². The number of amides is 1. The van der Waals surface area contributed by atoms with E-state index in [1.807, 2.05) is 48.5 Å². The van der Waals surface area contributed by atoms with Crippen molar-refractivity contribution in [2.45, 2.75) is 26.3 Å². The summed E-state index contributed by atoms with van der Waals surface area (Å²) in [5.74, 6) is 1.21. The van der Waals surface area contributed by atoms with Gasteiger partial charge in [0.05, 0.1) is 26.7 Å². The number of hydrogen-bond donors (Lipinski definition) is 1. The molecule has 150 valence electrons. The Morgan fingerprint density at radius 1 is 0.828 bits per heavy atom. The summed E-state index contributed by atoms with van der Waals surface area (Å²) in [4.78, 5) is 12.9. The van der Waals surface area contributed by atoms with Crippen LogP contribution in [-0.2, 0) is 11.2 Å². The number of carbonyl (C=O) groups excluding carboxylic acids is 1. The molecular weight excluding hydrogens is 362 g/mol. The largest absolute Gasteiger partial charge is 0.493 e. The minimum Gasteiger partial charge on any atom is -0.493 e. The van der Waals surface area contributed by atoms with Crippen molar-refractivity contribution >= 4 is 5.91 Å². The standard InChI is InChI=1S/C25H27NO3/c1-17-10-12-21(14-18(17)2)25(20-8-6-5-7-9-20)26-24(27)16-19-11-13-22(28-3)23(15-19)29-4/h5-15,25H,16H2,1-4H3,(H,26,27). The summed E-state index contributed by atoms with van der Waals surface area (Å²) < 4.78 is 10.6. The lowest BCUT2D eigenvalue weighted by Gasteiger charge is -2.21. The van der Waals surface area contributed by atoms with Crippen molar-refractivity contribution in [2.75, 3.05) is 14.2 Å². The van der Waals surface area contributed by atoms with E-state index in [1.165, 1.54) is 11.1 Å². The number of hydrogen-bond acceptors (Lipinski definition) is 3. The zero-order valence-electron chi connectivity index (χ0n) is 17.4. The van der Waals surface area contributed by atoms with E-state index in [4.69, 9.17) is 9.47 Å². The number of aryl methyl sites for hydroxylation is 2. The summed E-state index contributed by atoms with van der Waals surface area (Å²) in [5.41, 5.74) is 5.43. The molecule has 0 radical (unpaired) electrons. The molecule has 0 spiro atoms. The van der Waals surface area contributed by atoms with Crippen LogP contribution in [0.4, 0.5) is 0 Å². The molecule has 29 heavy (non-hydrogen) atoms. The molecule has 1 amide bonds. The third kappa shape index (κ3) is 4.96. The van der Waals surface area contributed by atoms with Crippen molar-refractivity contribution in [3.8, 4) is 11.5 Å². The summed E-state index contributed by atoms with van der Waals surface area (Å²) in [6, 6.07) is 21.7. The highest BCUT2D eigenvalue weighted by Gasteiger charge is 2.18. The van der Waals surface area contributed by atoms with Gasteiger partial charge < -0.3 is 14.8 Å². The van der Waals surface area contributed by atoms with Gasteiger partial charge in [-0.1, -0.05) is 54.6 Å². The molecule has 4 heteroatoms. The van der Waals surface area contributed by atoms with Gasteiger partial charge in [-0.25, -0.2) is 0 Å². The molecule has 1 N–H and O–H groups in total. The maximum Gasteiger partial charge on any atom is 0.225 e. The maximum atomic E-state index is 12.9. The van der Waals surface area contributed by atoms with Crippen molar-refractivity contribution < 1.29 is 14.3 Å². The van der Waals surface area contributed by atoms with Crippen LogP contribution in [-0.4, -0.2) is 20.1 Å². The second-order valence-electron chi connectivity index (χ2n) is 7.12. The molecule has 1 atom stereocenters. The number of carbonyl (C=O) groups is 1. The Labute approximate surface area is 172 Å². The van der Waals surface area contributed by atoms with Gasteiger partial charge >= 0.3 is 0 Å². The van der Waals surface area contributed by atoms with Gasteiger partial charge in [0, 0.05) is 0 Å². The van der Waals surface area contributed by atoms with E-state index in [9.17, 15) is 4.79 Å². The van der Waals surface area contributed by atoms with Crippen LogP contribution in [0, 0.1) is 13.8 Å². The van der Waals surface area contributed by atoms with Gasteiger partial charge in [0.2, 0.25) is 5.91 Å². The Balaban J connectivity index is 1.84. The molecule has 4 nitrogen and oxygen atoms in total. The normalized spacial score (nSPS) is 11.6. The second kappa shape index (κ2) is 9.28. The number of methoxy groups -OCH3 is 2. The lowest BCUT2D eigenvalue weighted by molar-refractivity contribution is -0.120. The average Bonchev–Trinajstić information content (AvgIpc) is 2.74. The van der Waals surface area contributed by atoms with Crippen LogP contribution in [0.5, 0.6) is 11.5 Å². The van der Waals surface area contributed by atoms with Crippen molar-refractivity contribution in [1.29, 1.82) is 0 Å². The predicted octanol–water partition coefficient (Wildman–Crippen LogP) is 4.77. The molecule has 0 aliphatic carbocycles. The quantitative estimate of drug-likeness (QED) is 0.633. The van der Waals surface area contributed by atoms with E-state index in [1.54, 1.807) is 14.2 Å². The summed E-state index contributed by atoms with van der Waals surface area (Å²) >= 11 is 0. The van der Waals surface area contributed by atoms with Crippen LogP contribution in [0.15, 0.2) is 66.7 Å². The Kier molecular flexibility index (Phi) is 6.55. The van der Waals surface area contributed by atoms with Crippen LogP contribution in [0.25, 0.3) is 0 Å². The molecule has 0 aliphatic heterocycles. The van der Waals surface area contributed by atoms with Crippen LogP contribution < -0.4 is 14.8 Å². The molecule has 0 heterocycles. The summed E-state index contributed by atoms with van der Waals surface area (Å²) in [6.07, 6.45) is 0.258. The number of ether oxygens (including phenoxy) is 2. The van der Waals surface area contributed by atoms with Gasteiger partial charge in [0.15, 0.2) is 11.5 Å². The number of rotatable bonds is 7. The first-order valence-corrected chi connectivity index (χ1v) is 9.64. The van der Waals surface area contributed by atoms with Crippen molar-refractivity contribution in [3.05, 3.63) is 94.5 Å². The number of benzene rings is 3. The first-order chi connectivity index (χ1) is 14.0. The smallest absolute Gasteiger partial charge is 0.225 e. The SMILES string of the molecule is COc1ccc(CC(=O)NC(c2ccccc2)c2ccc(C)c(C)c2)cc1OC. The van der Waals surface area contributed by atoms with Crippen molar-refractivity contribution in [3.63, 3.8) is 0 Å². The second-order valence-corrected chi connectivity index (χ2v) is 7.12. The van der Waals surface area contributed by atoms with E-state index in [0.29, 0.717) is 11.5 Å². The molecule has 0 bridgehead atoms. The van der Waals surface area contributed by atoms with Gasteiger partial charge in [-0.2, -0.15) is 0 Å². The fourth-order valence-corrected chi connectivity index (χ4v) is 3.34. The predicted molar refractivity (Wildman–Crippen MR) is 116 cm³/mol. The fourth-order valence-electron chi connectivity index (χ4n) is 3.34. The monoisotopic (exact) mass is 389 g/mol. The zero-order valence-corrected chi connectivity index (χ0v) is 17.4. The molecule has 0 saturated heterocycles. The first kappa shape index (κ1) is 20.5. The average molecular weight is 389 g/mol. The maximum absolute atomic E-state index is 12.9. The fraction of sp³-hybridized carbons (Fsp3) is 0.240. The third-order valence-electron chi connectivity index (χ3n) is 5.12. The Morgan fingerprint density at radius 2 is 1.55 bits per heavy atom. The molecule has 3 rings (SSSR count). The highest BCUT2D eigenvalue weighted by Crippen LogP contribution is 2.28. The Morgan fingerprint density at radius 3 is 2.21 bits per heavy atom. The summed E-state index contributed by atoms with van der Waals surface area (Å²) in [7, 11) is 3.19. The van der Waals surface area contributed by atoms with E-state index in [2.05, 4.69) is 37.4 Å². The molecule has 0 aliphatic rings. The summed E-state index contributed by atoms with van der Waals surface area (Å²) in [5, 5.41) is 3.20.